The van der Waals surface area contributed by atoms with Crippen molar-refractivity contribution < 1.29 is 4.42 Å². The molecule has 0 radical (unpaired) electrons. The molecule has 1 aromatic heterocycles. The zero-order chi connectivity index (χ0) is 11.5. The molecule has 0 saturated carbocycles. The van der Waals surface area contributed by atoms with Crippen LogP contribution in [0.3, 0.4) is 0 Å². The Bertz CT molecular complexity index is 490. The van der Waals surface area contributed by atoms with Crippen molar-refractivity contribution in [3.63, 3.8) is 0 Å². The number of fused-ring (bicyclic) bond motifs is 1. The highest BCUT2D eigenvalue weighted by Gasteiger charge is 2.08. The molecule has 0 spiro atoms. The van der Waals surface area contributed by atoms with Crippen molar-refractivity contribution in [3.8, 4) is 0 Å². The summed E-state index contributed by atoms with van der Waals surface area (Å²) in [6.45, 7) is 4.14. The Hall–Kier alpha value is -1.02. The van der Waals surface area contributed by atoms with Gasteiger partial charge in [0.25, 0.3) is 0 Å². The van der Waals surface area contributed by atoms with E-state index in [1.165, 1.54) is 5.56 Å². The molecule has 1 heterocycles. The van der Waals surface area contributed by atoms with Gasteiger partial charge < -0.3 is 4.42 Å². The van der Waals surface area contributed by atoms with Gasteiger partial charge in [0.05, 0.1) is 0 Å². The molecule has 0 unspecified atom stereocenters. The highest BCUT2D eigenvalue weighted by Crippen LogP contribution is 2.22. The van der Waals surface area contributed by atoms with Crippen LogP contribution in [0.2, 0.25) is 0 Å². The van der Waals surface area contributed by atoms with E-state index in [-0.39, 0.29) is 0 Å². The lowest BCUT2D eigenvalue weighted by molar-refractivity contribution is 0.516. The van der Waals surface area contributed by atoms with E-state index >= 15 is 0 Å². The number of halogens is 1. The van der Waals surface area contributed by atoms with Crippen LogP contribution in [0.1, 0.15) is 29.9 Å². The molecule has 16 heavy (non-hydrogen) atoms. The molecule has 0 bridgehead atoms. The first kappa shape index (κ1) is 11.5. The van der Waals surface area contributed by atoms with Gasteiger partial charge >= 0.3 is 0 Å². The molecule has 86 valence electrons. The summed E-state index contributed by atoms with van der Waals surface area (Å²) in [6.07, 6.45) is 2.92. The van der Waals surface area contributed by atoms with Crippen LogP contribution in [-0.2, 0) is 6.42 Å². The SMILES string of the molecule is Cc1cc(C)c2oc(CCCCCl)nc2c1. The second-order valence-corrected chi connectivity index (χ2v) is 4.56. The molecule has 0 saturated heterocycles. The monoisotopic (exact) mass is 237 g/mol. The van der Waals surface area contributed by atoms with Crippen molar-refractivity contribution in [1.29, 1.82) is 0 Å². The zero-order valence-corrected chi connectivity index (χ0v) is 10.5. The van der Waals surface area contributed by atoms with Gasteiger partial charge in [-0.3, -0.25) is 0 Å². The molecule has 0 aliphatic heterocycles. The van der Waals surface area contributed by atoms with Gasteiger partial charge in [-0.2, -0.15) is 0 Å². The minimum Gasteiger partial charge on any atom is -0.440 e. The smallest absolute Gasteiger partial charge is 0.195 e. The van der Waals surface area contributed by atoms with Crippen LogP contribution in [0.5, 0.6) is 0 Å². The fourth-order valence-electron chi connectivity index (χ4n) is 1.90. The number of rotatable bonds is 4. The highest BCUT2D eigenvalue weighted by atomic mass is 35.5. The first-order valence-corrected chi connectivity index (χ1v) is 6.17. The number of aryl methyl sites for hydroxylation is 3. The molecular formula is C13H16ClNO. The predicted molar refractivity (Wildman–Crippen MR) is 67.1 cm³/mol. The minimum absolute atomic E-state index is 0.707. The topological polar surface area (TPSA) is 26.0 Å². The van der Waals surface area contributed by atoms with Gasteiger partial charge in [0, 0.05) is 12.3 Å². The van der Waals surface area contributed by atoms with Crippen molar-refractivity contribution in [1.82, 2.24) is 4.98 Å². The van der Waals surface area contributed by atoms with Crippen molar-refractivity contribution in [3.05, 3.63) is 29.2 Å². The molecule has 2 aromatic rings. The van der Waals surface area contributed by atoms with Crippen molar-refractivity contribution in [2.45, 2.75) is 33.1 Å². The van der Waals surface area contributed by atoms with Gasteiger partial charge in [-0.15, -0.1) is 11.6 Å². The summed E-state index contributed by atoms with van der Waals surface area (Å²) < 4.78 is 5.75. The summed E-state index contributed by atoms with van der Waals surface area (Å²) in [6, 6.07) is 4.19. The second kappa shape index (κ2) is 4.88. The summed E-state index contributed by atoms with van der Waals surface area (Å²) in [7, 11) is 0. The van der Waals surface area contributed by atoms with Crippen LogP contribution in [0, 0.1) is 13.8 Å². The maximum atomic E-state index is 5.75. The third-order valence-electron chi connectivity index (χ3n) is 2.64. The molecule has 0 atom stereocenters. The minimum atomic E-state index is 0.707. The van der Waals surface area contributed by atoms with E-state index in [4.69, 9.17) is 16.0 Å². The van der Waals surface area contributed by atoms with Gasteiger partial charge in [-0.25, -0.2) is 4.98 Å². The van der Waals surface area contributed by atoms with Crippen LogP contribution >= 0.6 is 11.6 Å². The molecule has 3 heteroatoms. The average Bonchev–Trinajstić information content (AvgIpc) is 2.61. The second-order valence-electron chi connectivity index (χ2n) is 4.18. The number of hydrogen-bond acceptors (Lipinski definition) is 2. The number of oxazole rings is 1. The Balaban J connectivity index is 2.26. The lowest BCUT2D eigenvalue weighted by atomic mass is 10.1. The maximum Gasteiger partial charge on any atom is 0.195 e. The number of unbranched alkanes of at least 4 members (excludes halogenated alkanes) is 1. The van der Waals surface area contributed by atoms with Gasteiger partial charge in [0.15, 0.2) is 11.5 Å². The summed E-state index contributed by atoms with van der Waals surface area (Å²) in [5.74, 6) is 1.53. The Labute approximate surface area is 101 Å². The van der Waals surface area contributed by atoms with Crippen LogP contribution in [0.4, 0.5) is 0 Å². The van der Waals surface area contributed by atoms with E-state index in [9.17, 15) is 0 Å². The standard InChI is InChI=1S/C13H16ClNO/c1-9-7-10(2)13-11(8-9)15-12(16-13)5-3-4-6-14/h7-8H,3-6H2,1-2H3. The summed E-state index contributed by atoms with van der Waals surface area (Å²) in [5.41, 5.74) is 4.28. The number of alkyl halides is 1. The Kier molecular flexibility index (Phi) is 3.49. The quantitative estimate of drug-likeness (QED) is 0.593. The van der Waals surface area contributed by atoms with E-state index in [2.05, 4.69) is 31.0 Å². The Morgan fingerprint density at radius 3 is 2.81 bits per heavy atom. The normalized spacial score (nSPS) is 11.2. The van der Waals surface area contributed by atoms with E-state index < -0.39 is 0 Å². The van der Waals surface area contributed by atoms with Gasteiger partial charge in [0.1, 0.15) is 5.52 Å². The largest absolute Gasteiger partial charge is 0.440 e. The fourth-order valence-corrected chi connectivity index (χ4v) is 2.09. The molecule has 0 fully saturated rings. The number of nitrogens with zero attached hydrogens (tertiary/aromatic N) is 1. The van der Waals surface area contributed by atoms with Gasteiger partial charge in [0.2, 0.25) is 0 Å². The molecule has 2 nitrogen and oxygen atoms in total. The highest BCUT2D eigenvalue weighted by molar-refractivity contribution is 6.17. The third-order valence-corrected chi connectivity index (χ3v) is 2.91. The van der Waals surface area contributed by atoms with Crippen LogP contribution < -0.4 is 0 Å². The molecule has 0 aliphatic rings. The fraction of sp³-hybridized carbons (Fsp3) is 0.462. The zero-order valence-electron chi connectivity index (χ0n) is 9.72. The number of benzene rings is 1. The van der Waals surface area contributed by atoms with E-state index in [0.29, 0.717) is 5.88 Å². The number of aromatic nitrogens is 1. The van der Waals surface area contributed by atoms with E-state index in [0.717, 1.165) is 41.8 Å². The Morgan fingerprint density at radius 2 is 2.06 bits per heavy atom. The van der Waals surface area contributed by atoms with Gasteiger partial charge in [-0.05, 0) is 43.9 Å². The third kappa shape index (κ3) is 2.38. The molecule has 1 aromatic carbocycles. The molecule has 2 rings (SSSR count). The lowest BCUT2D eigenvalue weighted by Crippen LogP contribution is -1.85. The Morgan fingerprint density at radius 1 is 1.25 bits per heavy atom. The van der Waals surface area contributed by atoms with Crippen molar-refractivity contribution in [2.75, 3.05) is 5.88 Å². The molecule has 0 amide bonds. The lowest BCUT2D eigenvalue weighted by Gasteiger charge is -1.95. The summed E-state index contributed by atoms with van der Waals surface area (Å²) >= 11 is 5.64. The van der Waals surface area contributed by atoms with E-state index in [1.807, 2.05) is 0 Å². The molecule has 0 N–H and O–H groups in total. The average molecular weight is 238 g/mol. The first-order valence-electron chi connectivity index (χ1n) is 5.63. The maximum absolute atomic E-state index is 5.75. The van der Waals surface area contributed by atoms with Gasteiger partial charge in [-0.1, -0.05) is 6.07 Å². The summed E-state index contributed by atoms with van der Waals surface area (Å²) in [5, 5.41) is 0. The number of hydrogen-bond donors (Lipinski definition) is 0. The van der Waals surface area contributed by atoms with Crippen LogP contribution in [0.25, 0.3) is 11.1 Å². The van der Waals surface area contributed by atoms with Crippen molar-refractivity contribution in [2.24, 2.45) is 0 Å². The predicted octanol–water partition coefficient (Wildman–Crippen LogP) is 4.01. The van der Waals surface area contributed by atoms with E-state index in [1.54, 1.807) is 0 Å². The summed E-state index contributed by atoms with van der Waals surface area (Å²) in [4.78, 5) is 4.50. The molecule has 0 aliphatic carbocycles. The van der Waals surface area contributed by atoms with Crippen LogP contribution in [-0.4, -0.2) is 10.9 Å². The van der Waals surface area contributed by atoms with Crippen molar-refractivity contribution >= 4 is 22.7 Å². The van der Waals surface area contributed by atoms with Crippen LogP contribution in [0.15, 0.2) is 16.5 Å². The first-order chi connectivity index (χ1) is 7.70. The molecular weight excluding hydrogens is 222 g/mol.